The quantitative estimate of drug-likeness (QED) is 0.253. The van der Waals surface area contributed by atoms with Gasteiger partial charge in [-0.3, -0.25) is 10.6 Å². The Morgan fingerprint density at radius 1 is 0.479 bits per heavy atom. The second-order valence-electron chi connectivity index (χ2n) is 21.9. The Hall–Kier alpha value is -0.420. The molecule has 0 aromatic heterocycles. The van der Waals surface area contributed by atoms with Gasteiger partial charge in [0.1, 0.15) is 12.5 Å². The van der Waals surface area contributed by atoms with Crippen LogP contribution in [0.2, 0.25) is 0 Å². The van der Waals surface area contributed by atoms with Crippen molar-refractivity contribution < 1.29 is 9.47 Å². The molecule has 4 nitrogen and oxygen atoms in total. The van der Waals surface area contributed by atoms with Crippen LogP contribution in [0.1, 0.15) is 172 Å². The zero-order chi connectivity index (χ0) is 34.5. The molecule has 6 rings (SSSR count). The molecule has 2 N–H and O–H groups in total. The Kier molecular flexibility index (Phi) is 11.3. The molecule has 4 aliphatic carbocycles. The highest BCUT2D eigenvalue weighted by Crippen LogP contribution is 2.49. The van der Waals surface area contributed by atoms with Crippen LogP contribution in [0.5, 0.6) is 0 Å². The summed E-state index contributed by atoms with van der Waals surface area (Å²) in [5, 5.41) is 8.06. The van der Waals surface area contributed by atoms with Gasteiger partial charge in [0, 0.05) is 12.1 Å². The maximum atomic E-state index is 6.73. The van der Waals surface area contributed by atoms with E-state index < -0.39 is 0 Å². The molecule has 2 aliphatic heterocycles. The lowest BCUT2D eigenvalue weighted by molar-refractivity contribution is -0.0286. The van der Waals surface area contributed by atoms with Gasteiger partial charge in [-0.1, -0.05) is 81.4 Å². The van der Waals surface area contributed by atoms with E-state index in [1.807, 2.05) is 0 Å². The Morgan fingerprint density at radius 3 is 1.17 bits per heavy atom. The zero-order valence-electron chi connectivity index (χ0n) is 33.2. The fraction of sp³-hybridized carbons (Fsp3) is 0.955. The Bertz CT molecular complexity index is 982. The third kappa shape index (κ3) is 9.32. The van der Waals surface area contributed by atoms with Crippen molar-refractivity contribution in [1.82, 2.24) is 10.6 Å². The molecular formula is C44H78N2O2. The normalized spacial score (nSPS) is 41.8. The second-order valence-corrected chi connectivity index (χ2v) is 21.9. The van der Waals surface area contributed by atoms with Crippen molar-refractivity contribution in [2.24, 2.45) is 57.2 Å². The number of allylic oxidation sites excluding steroid dienone is 2. The van der Waals surface area contributed by atoms with Gasteiger partial charge in [-0.25, -0.2) is 0 Å². The van der Waals surface area contributed by atoms with Gasteiger partial charge in [0.05, 0.1) is 12.2 Å². The first-order chi connectivity index (χ1) is 22.4. The average molecular weight is 667 g/mol. The number of ether oxygens (including phenoxy) is 2. The molecule has 8 unspecified atom stereocenters. The highest BCUT2D eigenvalue weighted by atomic mass is 16.5. The molecule has 0 amide bonds. The number of fused-ring (bicyclic) bond motifs is 2. The third-order valence-corrected chi connectivity index (χ3v) is 14.3. The number of hydrogen-bond donors (Lipinski definition) is 2. The minimum atomic E-state index is 0.292. The molecule has 48 heavy (non-hydrogen) atoms. The van der Waals surface area contributed by atoms with Crippen molar-refractivity contribution in [3.8, 4) is 0 Å². The summed E-state index contributed by atoms with van der Waals surface area (Å²) in [6, 6.07) is 1.13. The van der Waals surface area contributed by atoms with Crippen molar-refractivity contribution in [1.29, 1.82) is 0 Å². The molecule has 276 valence electrons. The maximum Gasteiger partial charge on any atom is 0.111 e. The number of rotatable bonds is 8. The average Bonchev–Trinajstić information content (AvgIpc) is 3.62. The van der Waals surface area contributed by atoms with Gasteiger partial charge >= 0.3 is 0 Å². The summed E-state index contributed by atoms with van der Waals surface area (Å²) < 4.78 is 13.5. The van der Waals surface area contributed by atoms with E-state index in [9.17, 15) is 0 Å². The van der Waals surface area contributed by atoms with Crippen molar-refractivity contribution in [2.75, 3.05) is 0 Å². The number of nitrogens with one attached hydrogen (secondary N) is 2. The Morgan fingerprint density at radius 2 is 0.833 bits per heavy atom. The number of hydrogen-bond acceptors (Lipinski definition) is 4. The standard InChI is InChI=1S/C44H78N2O2/c1-41(2,3)27-43(7,8)33-21-23-37-35(25-33)45-39(47-37)31-17-13-29(14-18-31)11-12-30-15-19-32(20-16-30)40-46-36-26-34(22-24-38(36)48-40)44(9,10)28-42(4,5)6/h11-12,29-40,45-46H,13-28H2,1-10H3/b12-11+. The lowest BCUT2D eigenvalue weighted by atomic mass is 9.63. The minimum absolute atomic E-state index is 0.292. The second kappa shape index (κ2) is 14.5. The molecule has 0 spiro atoms. The topological polar surface area (TPSA) is 42.5 Å². The predicted octanol–water partition coefficient (Wildman–Crippen LogP) is 11.0. The van der Waals surface area contributed by atoms with Crippen LogP contribution in [0.4, 0.5) is 0 Å². The Balaban J connectivity index is 0.893. The van der Waals surface area contributed by atoms with Crippen molar-refractivity contribution in [3.63, 3.8) is 0 Å². The summed E-state index contributed by atoms with van der Waals surface area (Å²) >= 11 is 0. The van der Waals surface area contributed by atoms with Gasteiger partial charge in [-0.2, -0.15) is 0 Å². The van der Waals surface area contributed by atoms with E-state index in [0.29, 0.717) is 70.2 Å². The van der Waals surface area contributed by atoms with Crippen molar-refractivity contribution in [3.05, 3.63) is 12.2 Å². The van der Waals surface area contributed by atoms with E-state index in [0.717, 1.165) is 23.7 Å². The molecule has 0 bridgehead atoms. The fourth-order valence-corrected chi connectivity index (χ4v) is 12.4. The van der Waals surface area contributed by atoms with Crippen LogP contribution < -0.4 is 10.6 Å². The van der Waals surface area contributed by atoms with Crippen LogP contribution in [0.15, 0.2) is 12.2 Å². The zero-order valence-corrected chi connectivity index (χ0v) is 33.2. The highest BCUT2D eigenvalue weighted by molar-refractivity contribution is 5.02. The first-order valence-corrected chi connectivity index (χ1v) is 21.0. The monoisotopic (exact) mass is 667 g/mol. The summed E-state index contributed by atoms with van der Waals surface area (Å²) in [5.41, 5.74) is 1.59. The smallest absolute Gasteiger partial charge is 0.111 e. The lowest BCUT2D eigenvalue weighted by Crippen LogP contribution is -2.44. The highest BCUT2D eigenvalue weighted by Gasteiger charge is 2.47. The van der Waals surface area contributed by atoms with E-state index in [-0.39, 0.29) is 0 Å². The van der Waals surface area contributed by atoms with Crippen LogP contribution in [-0.2, 0) is 9.47 Å². The summed E-state index contributed by atoms with van der Waals surface area (Å²) in [5.74, 6) is 4.53. The summed E-state index contributed by atoms with van der Waals surface area (Å²) in [6.07, 6.45) is 27.7. The van der Waals surface area contributed by atoms with Crippen molar-refractivity contribution in [2.45, 2.75) is 209 Å². The lowest BCUT2D eigenvalue weighted by Gasteiger charge is -2.43. The molecule has 8 atom stereocenters. The fourth-order valence-electron chi connectivity index (χ4n) is 12.4. The minimum Gasteiger partial charge on any atom is -0.358 e. The van der Waals surface area contributed by atoms with Crippen LogP contribution in [-0.4, -0.2) is 36.7 Å². The molecule has 4 saturated carbocycles. The maximum absolute atomic E-state index is 6.73. The van der Waals surface area contributed by atoms with E-state index in [1.165, 1.54) is 103 Å². The van der Waals surface area contributed by atoms with Gasteiger partial charge in [0.2, 0.25) is 0 Å². The largest absolute Gasteiger partial charge is 0.358 e. The SMILES string of the molecule is CC(C)(C)CC(C)(C)C1CCC2OC(C3CCC(/C=C/C4CCC(C5NC6CC(C(C)(C)CC(C)(C)C)CCC6O5)CC4)CC3)NC2C1. The van der Waals surface area contributed by atoms with E-state index in [4.69, 9.17) is 9.47 Å². The van der Waals surface area contributed by atoms with Crippen LogP contribution in [0, 0.1) is 57.2 Å². The molecule has 4 heteroatoms. The molecule has 0 radical (unpaired) electrons. The predicted molar refractivity (Wildman–Crippen MR) is 202 cm³/mol. The van der Waals surface area contributed by atoms with Gasteiger partial charge in [0.15, 0.2) is 0 Å². The van der Waals surface area contributed by atoms with Gasteiger partial charge < -0.3 is 9.47 Å². The van der Waals surface area contributed by atoms with E-state index in [2.05, 4.69) is 92.0 Å². The molecular weight excluding hydrogens is 588 g/mol. The van der Waals surface area contributed by atoms with Crippen LogP contribution in [0.25, 0.3) is 0 Å². The molecule has 2 saturated heterocycles. The van der Waals surface area contributed by atoms with Gasteiger partial charge in [0.25, 0.3) is 0 Å². The summed E-state index contributed by atoms with van der Waals surface area (Å²) in [7, 11) is 0. The molecule has 6 fully saturated rings. The molecule has 0 aromatic rings. The third-order valence-electron chi connectivity index (χ3n) is 14.3. The molecule has 6 aliphatic rings. The first-order valence-electron chi connectivity index (χ1n) is 21.0. The van der Waals surface area contributed by atoms with E-state index in [1.54, 1.807) is 0 Å². The summed E-state index contributed by atoms with van der Waals surface area (Å²) in [4.78, 5) is 0. The van der Waals surface area contributed by atoms with Crippen molar-refractivity contribution >= 4 is 0 Å². The van der Waals surface area contributed by atoms with Gasteiger partial charge in [-0.05, 0) is 160 Å². The summed E-state index contributed by atoms with van der Waals surface area (Å²) in [6.45, 7) is 24.5. The van der Waals surface area contributed by atoms with E-state index >= 15 is 0 Å². The van der Waals surface area contributed by atoms with Gasteiger partial charge in [-0.15, -0.1) is 0 Å². The molecule has 0 aromatic carbocycles. The Labute approximate surface area is 297 Å². The van der Waals surface area contributed by atoms with Crippen LogP contribution >= 0.6 is 0 Å². The first kappa shape index (κ1) is 37.3. The molecule has 2 heterocycles. The van der Waals surface area contributed by atoms with Crippen LogP contribution in [0.3, 0.4) is 0 Å².